The van der Waals surface area contributed by atoms with E-state index in [1.165, 1.54) is 0 Å². The fraction of sp³-hybridized carbons (Fsp3) is 0.368. The Labute approximate surface area is 135 Å². The molecule has 0 rings (SSSR count). The van der Waals surface area contributed by atoms with Gasteiger partial charge in [-0.3, -0.25) is 0 Å². The van der Waals surface area contributed by atoms with Crippen LogP contribution in [0.1, 0.15) is 26.7 Å². The van der Waals surface area contributed by atoms with Gasteiger partial charge in [0.15, 0.2) is 0 Å². The highest BCUT2D eigenvalue weighted by molar-refractivity contribution is 7.80. The van der Waals surface area contributed by atoms with Crippen molar-refractivity contribution in [2.75, 3.05) is 7.11 Å². The average molecular weight is 304 g/mol. The molecule has 21 heavy (non-hydrogen) atoms. The van der Waals surface area contributed by atoms with Crippen molar-refractivity contribution >= 4 is 12.6 Å². The van der Waals surface area contributed by atoms with Gasteiger partial charge in [0.25, 0.3) is 0 Å². The van der Waals surface area contributed by atoms with E-state index in [1.807, 2.05) is 18.2 Å². The minimum Gasteiger partial charge on any atom is -0.497 e. The fourth-order valence-electron chi connectivity index (χ4n) is 1.52. The molecule has 0 bridgehead atoms. The normalized spacial score (nSPS) is 14.1. The van der Waals surface area contributed by atoms with Gasteiger partial charge in [-0.15, -0.1) is 0 Å². The first-order valence-corrected chi connectivity index (χ1v) is 7.63. The van der Waals surface area contributed by atoms with Crippen molar-refractivity contribution in [2.24, 2.45) is 5.92 Å². The van der Waals surface area contributed by atoms with Gasteiger partial charge in [0, 0.05) is 0 Å². The van der Waals surface area contributed by atoms with Crippen molar-refractivity contribution in [1.29, 1.82) is 0 Å². The summed E-state index contributed by atoms with van der Waals surface area (Å²) >= 11 is 4.40. The van der Waals surface area contributed by atoms with Crippen LogP contribution in [0.4, 0.5) is 0 Å². The summed E-state index contributed by atoms with van der Waals surface area (Å²) in [5, 5.41) is 0.429. The lowest BCUT2D eigenvalue weighted by molar-refractivity contribution is 0.309. The third-order valence-corrected chi connectivity index (χ3v) is 3.55. The van der Waals surface area contributed by atoms with Crippen LogP contribution in [0, 0.1) is 5.92 Å². The first-order valence-electron chi connectivity index (χ1n) is 7.12. The summed E-state index contributed by atoms with van der Waals surface area (Å²) < 4.78 is 4.97. The molecule has 0 fully saturated rings. The number of hydrogen-bond donors (Lipinski definition) is 1. The first-order chi connectivity index (χ1) is 9.77. The molecule has 0 radical (unpaired) electrons. The minimum absolute atomic E-state index is 0.429. The SMILES string of the molecule is C=C(/C=C\C(=C)C(=C)/C=C\C(=C)C(C)CCC(C)S)OC. The maximum atomic E-state index is 4.97. The van der Waals surface area contributed by atoms with Gasteiger partial charge in [-0.1, -0.05) is 64.0 Å². The molecule has 0 saturated heterocycles. The van der Waals surface area contributed by atoms with Gasteiger partial charge in [0.2, 0.25) is 0 Å². The molecule has 0 amide bonds. The van der Waals surface area contributed by atoms with Crippen molar-refractivity contribution < 1.29 is 4.74 Å². The number of rotatable bonds is 10. The predicted octanol–water partition coefficient (Wildman–Crippen LogP) is 5.66. The Morgan fingerprint density at radius 2 is 1.48 bits per heavy atom. The second-order valence-electron chi connectivity index (χ2n) is 5.29. The van der Waals surface area contributed by atoms with E-state index >= 15 is 0 Å². The van der Waals surface area contributed by atoms with Crippen molar-refractivity contribution in [3.63, 3.8) is 0 Å². The molecule has 0 aliphatic carbocycles. The highest BCUT2D eigenvalue weighted by Crippen LogP contribution is 2.20. The largest absolute Gasteiger partial charge is 0.497 e. The van der Waals surface area contributed by atoms with Crippen LogP contribution in [0.3, 0.4) is 0 Å². The molecule has 0 heterocycles. The lowest BCUT2D eigenvalue weighted by atomic mass is 9.95. The van der Waals surface area contributed by atoms with E-state index in [2.05, 4.69) is 52.8 Å². The fourth-order valence-corrected chi connectivity index (χ4v) is 1.67. The Bertz CT molecular complexity index is 452. The second-order valence-corrected chi connectivity index (χ2v) is 6.17. The Balaban J connectivity index is 4.42. The number of ether oxygens (including phenoxy) is 1. The molecule has 0 aliphatic heterocycles. The molecule has 0 aromatic heterocycles. The van der Waals surface area contributed by atoms with Crippen LogP contribution in [0.2, 0.25) is 0 Å². The molecule has 0 spiro atoms. The summed E-state index contributed by atoms with van der Waals surface area (Å²) in [6.45, 7) is 20.1. The zero-order valence-corrected chi connectivity index (χ0v) is 14.5. The van der Waals surface area contributed by atoms with Crippen LogP contribution in [-0.2, 0) is 4.74 Å². The zero-order valence-electron chi connectivity index (χ0n) is 13.6. The van der Waals surface area contributed by atoms with Crippen LogP contribution >= 0.6 is 12.6 Å². The molecule has 2 atom stereocenters. The van der Waals surface area contributed by atoms with Crippen molar-refractivity contribution in [3.8, 4) is 0 Å². The molecule has 2 unspecified atom stereocenters. The number of hydrogen-bond acceptors (Lipinski definition) is 2. The molecule has 0 aromatic rings. The Morgan fingerprint density at radius 3 is 1.95 bits per heavy atom. The van der Waals surface area contributed by atoms with Gasteiger partial charge in [-0.05, 0) is 41.2 Å². The van der Waals surface area contributed by atoms with Crippen LogP contribution in [0.25, 0.3) is 0 Å². The van der Waals surface area contributed by atoms with E-state index in [4.69, 9.17) is 4.74 Å². The van der Waals surface area contributed by atoms with Crippen LogP contribution in [0.5, 0.6) is 0 Å². The number of allylic oxidation sites excluding steroid dienone is 7. The maximum absolute atomic E-state index is 4.97. The lowest BCUT2D eigenvalue weighted by Crippen LogP contribution is -2.00. The van der Waals surface area contributed by atoms with E-state index in [9.17, 15) is 0 Å². The van der Waals surface area contributed by atoms with Crippen LogP contribution in [-0.4, -0.2) is 12.4 Å². The van der Waals surface area contributed by atoms with E-state index in [-0.39, 0.29) is 0 Å². The highest BCUT2D eigenvalue weighted by atomic mass is 32.1. The molecule has 116 valence electrons. The quantitative estimate of drug-likeness (QED) is 0.311. The van der Waals surface area contributed by atoms with Gasteiger partial charge in [0.1, 0.15) is 5.76 Å². The summed E-state index contributed by atoms with van der Waals surface area (Å²) in [5.74, 6) is 1.03. The summed E-state index contributed by atoms with van der Waals surface area (Å²) in [7, 11) is 1.58. The monoisotopic (exact) mass is 304 g/mol. The Kier molecular flexibility index (Phi) is 9.64. The molecule has 0 aliphatic rings. The van der Waals surface area contributed by atoms with Crippen LogP contribution in [0.15, 0.2) is 73.1 Å². The van der Waals surface area contributed by atoms with Gasteiger partial charge in [0.05, 0.1) is 7.11 Å². The molecule has 0 saturated carbocycles. The third kappa shape index (κ3) is 9.19. The first kappa shape index (κ1) is 19.6. The molecule has 0 aromatic carbocycles. The van der Waals surface area contributed by atoms with Crippen molar-refractivity contribution in [1.82, 2.24) is 0 Å². The Morgan fingerprint density at radius 1 is 0.952 bits per heavy atom. The minimum atomic E-state index is 0.429. The smallest absolute Gasteiger partial charge is 0.111 e. The standard InChI is InChI=1S/C19H28OS/c1-14(16(3)10-12-18(5)20-7)8-9-15(2)17(4)11-13-19(6)21/h8-10,12,17,19,21H,1-3,5,11,13H2,4,6-7H3/b9-8-,12-10-. The van der Waals surface area contributed by atoms with Gasteiger partial charge in [-0.25, -0.2) is 0 Å². The average Bonchev–Trinajstić information content (AvgIpc) is 2.46. The lowest BCUT2D eigenvalue weighted by Gasteiger charge is -2.13. The number of thiol groups is 1. The molecular formula is C19H28OS. The van der Waals surface area contributed by atoms with Gasteiger partial charge in [-0.2, -0.15) is 12.6 Å². The molecule has 1 nitrogen and oxygen atoms in total. The predicted molar refractivity (Wildman–Crippen MR) is 98.7 cm³/mol. The van der Waals surface area contributed by atoms with Gasteiger partial charge >= 0.3 is 0 Å². The van der Waals surface area contributed by atoms with Gasteiger partial charge < -0.3 is 4.74 Å². The van der Waals surface area contributed by atoms with E-state index < -0.39 is 0 Å². The molecular weight excluding hydrogens is 276 g/mol. The van der Waals surface area contributed by atoms with E-state index in [1.54, 1.807) is 13.2 Å². The third-order valence-electron chi connectivity index (χ3n) is 3.29. The topological polar surface area (TPSA) is 9.23 Å². The highest BCUT2D eigenvalue weighted by Gasteiger charge is 2.05. The van der Waals surface area contributed by atoms with E-state index in [0.29, 0.717) is 16.9 Å². The molecule has 2 heteroatoms. The van der Waals surface area contributed by atoms with E-state index in [0.717, 1.165) is 29.6 Å². The maximum Gasteiger partial charge on any atom is 0.111 e. The molecule has 0 N–H and O–H groups in total. The second kappa shape index (κ2) is 10.3. The zero-order chi connectivity index (χ0) is 16.4. The number of methoxy groups -OCH3 is 1. The summed E-state index contributed by atoms with van der Waals surface area (Å²) in [6, 6.07) is 0. The van der Waals surface area contributed by atoms with Crippen molar-refractivity contribution in [2.45, 2.75) is 31.9 Å². The van der Waals surface area contributed by atoms with Crippen molar-refractivity contribution in [3.05, 3.63) is 73.1 Å². The Hall–Kier alpha value is -1.41. The summed E-state index contributed by atoms with van der Waals surface area (Å²) in [6.07, 6.45) is 9.76. The van der Waals surface area contributed by atoms with Crippen LogP contribution < -0.4 is 0 Å². The summed E-state index contributed by atoms with van der Waals surface area (Å²) in [4.78, 5) is 0. The summed E-state index contributed by atoms with van der Waals surface area (Å²) in [5.41, 5.74) is 2.78.